The van der Waals surface area contributed by atoms with Gasteiger partial charge in [0.15, 0.2) is 5.58 Å². The molecule has 3 aromatic rings. The first-order valence-corrected chi connectivity index (χ1v) is 12.3. The van der Waals surface area contributed by atoms with E-state index in [9.17, 15) is 5.11 Å². The SMILES string of the molecule is CCC.CCCNc1nc(C)c(-c2cc3cc(C)nc(C)c3o2)c(N[C@H]2CCC(CO)C2)n1. The molecule has 0 radical (unpaired) electrons. The van der Waals surface area contributed by atoms with Crippen molar-refractivity contribution >= 4 is 22.7 Å². The Morgan fingerprint density at radius 1 is 1.03 bits per heavy atom. The number of anilines is 2. The van der Waals surface area contributed by atoms with Crippen LogP contribution in [0.25, 0.3) is 22.3 Å². The van der Waals surface area contributed by atoms with Gasteiger partial charge in [0.1, 0.15) is 11.6 Å². The lowest BCUT2D eigenvalue weighted by Crippen LogP contribution is -2.19. The summed E-state index contributed by atoms with van der Waals surface area (Å²) in [6.45, 7) is 13.4. The van der Waals surface area contributed by atoms with Crippen molar-refractivity contribution in [2.24, 2.45) is 5.92 Å². The predicted octanol–water partition coefficient (Wildman–Crippen LogP) is 6.02. The van der Waals surface area contributed by atoms with Gasteiger partial charge in [0.25, 0.3) is 0 Å². The number of aliphatic hydroxyl groups excluding tert-OH is 1. The summed E-state index contributed by atoms with van der Waals surface area (Å²) in [5.74, 6) is 2.52. The molecule has 180 valence electrons. The molecule has 33 heavy (non-hydrogen) atoms. The Balaban J connectivity index is 0.000000968. The van der Waals surface area contributed by atoms with Crippen molar-refractivity contribution in [2.75, 3.05) is 23.8 Å². The monoisotopic (exact) mass is 453 g/mol. The first-order valence-electron chi connectivity index (χ1n) is 12.3. The summed E-state index contributed by atoms with van der Waals surface area (Å²) < 4.78 is 6.25. The Kier molecular flexibility index (Phi) is 8.67. The van der Waals surface area contributed by atoms with Crippen LogP contribution in [-0.4, -0.2) is 39.3 Å². The van der Waals surface area contributed by atoms with Gasteiger partial charge in [-0.25, -0.2) is 4.98 Å². The third-order valence-electron chi connectivity index (χ3n) is 5.81. The highest BCUT2D eigenvalue weighted by atomic mass is 16.3. The van der Waals surface area contributed by atoms with Gasteiger partial charge < -0.3 is 20.2 Å². The zero-order chi connectivity index (χ0) is 24.0. The van der Waals surface area contributed by atoms with E-state index in [0.717, 1.165) is 77.4 Å². The number of fused-ring (bicyclic) bond motifs is 1. The van der Waals surface area contributed by atoms with Crippen LogP contribution in [0.4, 0.5) is 11.8 Å². The summed E-state index contributed by atoms with van der Waals surface area (Å²) in [6, 6.07) is 4.38. The van der Waals surface area contributed by atoms with Crippen LogP contribution in [-0.2, 0) is 0 Å². The van der Waals surface area contributed by atoms with E-state index in [1.165, 1.54) is 6.42 Å². The van der Waals surface area contributed by atoms with Crippen molar-refractivity contribution in [3.05, 3.63) is 29.2 Å². The van der Waals surface area contributed by atoms with Gasteiger partial charge in [0, 0.05) is 30.3 Å². The molecule has 2 atom stereocenters. The van der Waals surface area contributed by atoms with Crippen molar-refractivity contribution < 1.29 is 9.52 Å². The van der Waals surface area contributed by atoms with Crippen LogP contribution in [0.1, 0.15) is 70.0 Å². The first-order chi connectivity index (χ1) is 15.9. The molecule has 0 bridgehead atoms. The van der Waals surface area contributed by atoms with E-state index in [2.05, 4.69) is 47.4 Å². The lowest BCUT2D eigenvalue weighted by Gasteiger charge is -2.18. The van der Waals surface area contributed by atoms with Crippen molar-refractivity contribution in [3.63, 3.8) is 0 Å². The molecule has 0 aliphatic heterocycles. The van der Waals surface area contributed by atoms with Gasteiger partial charge in [-0.3, -0.25) is 4.98 Å². The number of aliphatic hydroxyl groups is 1. The van der Waals surface area contributed by atoms with Gasteiger partial charge in [-0.1, -0.05) is 27.2 Å². The maximum atomic E-state index is 9.51. The van der Waals surface area contributed by atoms with E-state index >= 15 is 0 Å². The van der Waals surface area contributed by atoms with Crippen molar-refractivity contribution in [1.29, 1.82) is 0 Å². The maximum absolute atomic E-state index is 9.51. The second kappa shape index (κ2) is 11.5. The number of nitrogens with one attached hydrogen (secondary N) is 2. The van der Waals surface area contributed by atoms with Gasteiger partial charge in [-0.15, -0.1) is 0 Å². The molecular weight excluding hydrogens is 414 g/mol. The van der Waals surface area contributed by atoms with E-state index in [1.54, 1.807) is 0 Å². The van der Waals surface area contributed by atoms with E-state index < -0.39 is 0 Å². The van der Waals surface area contributed by atoms with Gasteiger partial charge >= 0.3 is 0 Å². The molecule has 1 saturated carbocycles. The number of hydrogen-bond donors (Lipinski definition) is 3. The highest BCUT2D eigenvalue weighted by molar-refractivity contribution is 5.87. The second-order valence-corrected chi connectivity index (χ2v) is 9.07. The molecule has 1 aliphatic rings. The fourth-order valence-corrected chi connectivity index (χ4v) is 4.34. The molecule has 7 nitrogen and oxygen atoms in total. The number of rotatable bonds is 7. The molecule has 0 spiro atoms. The second-order valence-electron chi connectivity index (χ2n) is 9.07. The minimum Gasteiger partial charge on any atom is -0.454 e. The minimum atomic E-state index is 0.242. The molecule has 1 unspecified atom stereocenters. The Bertz CT molecular complexity index is 1060. The summed E-state index contributed by atoms with van der Waals surface area (Å²) in [4.78, 5) is 14.0. The standard InChI is InChI=1S/C23H31N5O2.C3H8/c1-5-8-24-23-26-14(3)20(22(28-23)27-18-7-6-16(10-18)12-29)19-11-17-9-13(2)25-15(4)21(17)30-19;1-3-2/h9,11,16,18,29H,5-8,10,12H2,1-4H3,(H2,24,26,27,28);3H2,1-2H3/t16?,18-;/m0./s1. The Hall–Kier alpha value is -2.67. The zero-order valence-corrected chi connectivity index (χ0v) is 21.0. The lowest BCUT2D eigenvalue weighted by molar-refractivity contribution is 0.229. The number of pyridine rings is 1. The molecule has 0 saturated heterocycles. The summed E-state index contributed by atoms with van der Waals surface area (Å²) in [6.07, 6.45) is 5.25. The van der Waals surface area contributed by atoms with Crippen LogP contribution in [0.2, 0.25) is 0 Å². The van der Waals surface area contributed by atoms with Crippen LogP contribution >= 0.6 is 0 Å². The molecular formula is C26H39N5O2. The fourth-order valence-electron chi connectivity index (χ4n) is 4.34. The molecule has 3 heterocycles. The number of nitrogens with zero attached hydrogens (tertiary/aromatic N) is 3. The van der Waals surface area contributed by atoms with E-state index in [1.807, 2.05) is 26.8 Å². The molecule has 1 fully saturated rings. The normalized spacial score (nSPS) is 17.7. The molecule has 0 aromatic carbocycles. The number of hydrogen-bond acceptors (Lipinski definition) is 7. The summed E-state index contributed by atoms with van der Waals surface area (Å²) in [5.41, 5.74) is 4.41. The highest BCUT2D eigenvalue weighted by Crippen LogP contribution is 2.37. The Morgan fingerprint density at radius 3 is 2.45 bits per heavy atom. The Morgan fingerprint density at radius 2 is 1.79 bits per heavy atom. The van der Waals surface area contributed by atoms with Gasteiger partial charge in [-0.2, -0.15) is 4.98 Å². The minimum absolute atomic E-state index is 0.242. The third-order valence-corrected chi connectivity index (χ3v) is 5.81. The number of furan rings is 1. The molecule has 4 rings (SSSR count). The largest absolute Gasteiger partial charge is 0.454 e. The molecule has 3 aromatic heterocycles. The van der Waals surface area contributed by atoms with Crippen LogP contribution in [0, 0.1) is 26.7 Å². The van der Waals surface area contributed by atoms with E-state index in [4.69, 9.17) is 9.40 Å². The molecule has 0 amide bonds. The molecule has 7 heteroatoms. The summed E-state index contributed by atoms with van der Waals surface area (Å²) in [7, 11) is 0. The first kappa shape index (κ1) is 25.0. The van der Waals surface area contributed by atoms with Crippen LogP contribution in [0.5, 0.6) is 0 Å². The van der Waals surface area contributed by atoms with Crippen LogP contribution in [0.3, 0.4) is 0 Å². The molecule has 1 aliphatic carbocycles. The number of aromatic nitrogens is 3. The molecule has 3 N–H and O–H groups in total. The van der Waals surface area contributed by atoms with Gasteiger partial charge in [-0.05, 0) is 64.5 Å². The lowest BCUT2D eigenvalue weighted by atomic mass is 10.1. The van der Waals surface area contributed by atoms with Crippen LogP contribution in [0.15, 0.2) is 16.5 Å². The fraction of sp³-hybridized carbons (Fsp3) is 0.577. The zero-order valence-electron chi connectivity index (χ0n) is 21.0. The third kappa shape index (κ3) is 6.02. The number of aryl methyl sites for hydroxylation is 3. The quantitative estimate of drug-likeness (QED) is 0.402. The van der Waals surface area contributed by atoms with Crippen molar-refractivity contribution in [2.45, 2.75) is 79.7 Å². The van der Waals surface area contributed by atoms with Gasteiger partial charge in [0.2, 0.25) is 5.95 Å². The predicted molar refractivity (Wildman–Crippen MR) is 136 cm³/mol. The van der Waals surface area contributed by atoms with E-state index in [-0.39, 0.29) is 12.6 Å². The maximum Gasteiger partial charge on any atom is 0.224 e. The average molecular weight is 454 g/mol. The van der Waals surface area contributed by atoms with Crippen molar-refractivity contribution in [1.82, 2.24) is 15.0 Å². The smallest absolute Gasteiger partial charge is 0.224 e. The van der Waals surface area contributed by atoms with Crippen LogP contribution < -0.4 is 10.6 Å². The summed E-state index contributed by atoms with van der Waals surface area (Å²) >= 11 is 0. The topological polar surface area (TPSA) is 96.1 Å². The Labute approximate surface area is 197 Å². The highest BCUT2D eigenvalue weighted by Gasteiger charge is 2.27. The average Bonchev–Trinajstić information content (AvgIpc) is 3.39. The van der Waals surface area contributed by atoms with E-state index in [0.29, 0.717) is 11.9 Å². The van der Waals surface area contributed by atoms with Crippen molar-refractivity contribution in [3.8, 4) is 11.3 Å². The summed E-state index contributed by atoms with van der Waals surface area (Å²) in [5, 5.41) is 17.5. The van der Waals surface area contributed by atoms with Gasteiger partial charge in [0.05, 0.1) is 17.0 Å².